The number of nitrogens with one attached hydrogen (secondary N) is 1. The van der Waals surface area contributed by atoms with Crippen LogP contribution in [0.2, 0.25) is 5.02 Å². The van der Waals surface area contributed by atoms with Gasteiger partial charge in [0.05, 0.1) is 24.9 Å². The summed E-state index contributed by atoms with van der Waals surface area (Å²) in [6, 6.07) is 11.7. The van der Waals surface area contributed by atoms with Crippen molar-refractivity contribution < 1.29 is 18.7 Å². The zero-order chi connectivity index (χ0) is 21.3. The van der Waals surface area contributed by atoms with Gasteiger partial charge in [-0.2, -0.15) is 5.10 Å². The van der Waals surface area contributed by atoms with E-state index < -0.39 is 5.82 Å². The number of anilines is 1. The van der Waals surface area contributed by atoms with Gasteiger partial charge in [-0.15, -0.1) is 11.3 Å². The van der Waals surface area contributed by atoms with Crippen LogP contribution in [0, 0.1) is 5.82 Å². The van der Waals surface area contributed by atoms with E-state index in [1.807, 2.05) is 12.1 Å². The third-order valence-electron chi connectivity index (χ3n) is 3.82. The van der Waals surface area contributed by atoms with Gasteiger partial charge in [0, 0.05) is 16.0 Å². The fourth-order valence-electron chi connectivity index (χ4n) is 2.45. The molecule has 0 amide bonds. The van der Waals surface area contributed by atoms with Gasteiger partial charge in [0.2, 0.25) is 5.13 Å². The van der Waals surface area contributed by atoms with E-state index in [1.165, 1.54) is 17.4 Å². The average Bonchev–Trinajstić information content (AvgIpc) is 3.15. The van der Waals surface area contributed by atoms with Crippen LogP contribution in [0.25, 0.3) is 0 Å². The van der Waals surface area contributed by atoms with E-state index in [-0.39, 0.29) is 19.0 Å². The summed E-state index contributed by atoms with van der Waals surface area (Å²) in [5.74, 6) is -0.136. The summed E-state index contributed by atoms with van der Waals surface area (Å²) in [4.78, 5) is 15.8. The van der Waals surface area contributed by atoms with E-state index in [2.05, 4.69) is 15.5 Å². The lowest BCUT2D eigenvalue weighted by molar-refractivity contribution is -0.142. The second-order valence-corrected chi connectivity index (χ2v) is 7.39. The first-order valence-corrected chi connectivity index (χ1v) is 10.3. The van der Waals surface area contributed by atoms with Crippen LogP contribution in [0.1, 0.15) is 23.7 Å². The van der Waals surface area contributed by atoms with Crippen molar-refractivity contribution in [3.8, 4) is 5.75 Å². The fourth-order valence-corrected chi connectivity index (χ4v) is 3.26. The Morgan fingerprint density at radius 2 is 2.20 bits per heavy atom. The van der Waals surface area contributed by atoms with Crippen LogP contribution in [-0.4, -0.2) is 23.8 Å². The molecule has 0 atom stereocenters. The summed E-state index contributed by atoms with van der Waals surface area (Å²) in [5.41, 5.74) is 4.67. The Morgan fingerprint density at radius 3 is 3.00 bits per heavy atom. The molecule has 30 heavy (non-hydrogen) atoms. The van der Waals surface area contributed by atoms with Crippen molar-refractivity contribution in [2.45, 2.75) is 20.0 Å². The molecule has 0 saturated carbocycles. The van der Waals surface area contributed by atoms with Gasteiger partial charge in [0.15, 0.2) is 0 Å². The SMILES string of the molecule is CCOC(=O)Cc1csc(NN=Cc2cccc(OCc3ccc(Cl)cc3F)c2)n1. The molecule has 3 rings (SSSR count). The maximum absolute atomic E-state index is 13.8. The van der Waals surface area contributed by atoms with Crippen LogP contribution in [0.4, 0.5) is 9.52 Å². The molecule has 0 spiro atoms. The summed E-state index contributed by atoms with van der Waals surface area (Å²) in [6.45, 7) is 2.19. The van der Waals surface area contributed by atoms with Crippen molar-refractivity contribution in [1.82, 2.24) is 4.98 Å². The molecule has 0 aliphatic heterocycles. The zero-order valence-electron chi connectivity index (χ0n) is 16.1. The molecule has 9 heteroatoms. The Balaban J connectivity index is 1.54. The summed E-state index contributed by atoms with van der Waals surface area (Å²) < 4.78 is 24.4. The molecule has 0 unspecified atom stereocenters. The Labute approximate surface area is 182 Å². The van der Waals surface area contributed by atoms with Gasteiger partial charge in [-0.1, -0.05) is 29.8 Å². The monoisotopic (exact) mass is 447 g/mol. The minimum Gasteiger partial charge on any atom is -0.489 e. The van der Waals surface area contributed by atoms with Crippen molar-refractivity contribution >= 4 is 40.3 Å². The molecule has 0 aliphatic carbocycles. The largest absolute Gasteiger partial charge is 0.489 e. The van der Waals surface area contributed by atoms with Crippen molar-refractivity contribution in [2.24, 2.45) is 5.10 Å². The molecule has 1 aromatic heterocycles. The fraction of sp³-hybridized carbons (Fsp3) is 0.190. The van der Waals surface area contributed by atoms with E-state index in [9.17, 15) is 9.18 Å². The lowest BCUT2D eigenvalue weighted by Gasteiger charge is -2.08. The quantitative estimate of drug-likeness (QED) is 0.282. The molecule has 0 fully saturated rings. The Kier molecular flexibility index (Phi) is 7.75. The highest BCUT2D eigenvalue weighted by atomic mass is 35.5. The molecule has 0 saturated heterocycles. The number of carbonyl (C=O) groups excluding carboxylic acids is 1. The number of esters is 1. The van der Waals surface area contributed by atoms with Crippen LogP contribution in [0.5, 0.6) is 5.75 Å². The maximum atomic E-state index is 13.8. The normalized spacial score (nSPS) is 10.9. The maximum Gasteiger partial charge on any atom is 0.311 e. The average molecular weight is 448 g/mol. The number of rotatable bonds is 9. The van der Waals surface area contributed by atoms with Crippen molar-refractivity contribution in [2.75, 3.05) is 12.0 Å². The number of hydrogen-bond donors (Lipinski definition) is 1. The standard InChI is InChI=1S/C21H19ClFN3O3S/c1-2-28-20(27)10-17-13-30-21(25-17)26-24-11-14-4-3-5-18(8-14)29-12-15-6-7-16(22)9-19(15)23/h3-9,11,13H,2,10,12H2,1H3,(H,25,26). The molecular formula is C21H19ClFN3O3S. The first kappa shape index (κ1) is 21.7. The van der Waals surface area contributed by atoms with Gasteiger partial charge in [0.25, 0.3) is 0 Å². The van der Waals surface area contributed by atoms with Gasteiger partial charge in [0.1, 0.15) is 18.2 Å². The van der Waals surface area contributed by atoms with Crippen LogP contribution in [0.3, 0.4) is 0 Å². The number of ether oxygens (including phenoxy) is 2. The summed E-state index contributed by atoms with van der Waals surface area (Å²) >= 11 is 7.10. The predicted octanol–water partition coefficient (Wildman–Crippen LogP) is 5.07. The number of carbonyl (C=O) groups is 1. The molecule has 3 aromatic rings. The van der Waals surface area contributed by atoms with Crippen molar-refractivity contribution in [3.63, 3.8) is 0 Å². The number of thiazole rings is 1. The highest BCUT2D eigenvalue weighted by Crippen LogP contribution is 2.19. The first-order chi connectivity index (χ1) is 14.5. The first-order valence-electron chi connectivity index (χ1n) is 9.09. The molecule has 1 heterocycles. The zero-order valence-corrected chi connectivity index (χ0v) is 17.7. The van der Waals surface area contributed by atoms with Crippen LogP contribution in [0.15, 0.2) is 52.9 Å². The molecule has 0 radical (unpaired) electrons. The molecule has 0 bridgehead atoms. The van der Waals surface area contributed by atoms with Gasteiger partial charge in [-0.05, 0) is 36.8 Å². The van der Waals surface area contributed by atoms with Crippen LogP contribution in [-0.2, 0) is 22.6 Å². The number of hydrazone groups is 1. The Morgan fingerprint density at radius 1 is 1.33 bits per heavy atom. The molecule has 6 nitrogen and oxygen atoms in total. The van der Waals surface area contributed by atoms with Gasteiger partial charge in [-0.25, -0.2) is 9.37 Å². The van der Waals surface area contributed by atoms with Crippen LogP contribution < -0.4 is 10.2 Å². The van der Waals surface area contributed by atoms with Crippen LogP contribution >= 0.6 is 22.9 Å². The van der Waals surface area contributed by atoms with E-state index in [0.29, 0.717) is 33.8 Å². The van der Waals surface area contributed by atoms with E-state index in [4.69, 9.17) is 21.1 Å². The van der Waals surface area contributed by atoms with E-state index >= 15 is 0 Å². The lowest BCUT2D eigenvalue weighted by atomic mass is 10.2. The number of nitrogens with zero attached hydrogens (tertiary/aromatic N) is 2. The molecule has 1 N–H and O–H groups in total. The number of aromatic nitrogens is 1. The molecule has 0 aliphatic rings. The van der Waals surface area contributed by atoms with Gasteiger partial charge in [-0.3, -0.25) is 10.2 Å². The highest BCUT2D eigenvalue weighted by molar-refractivity contribution is 7.13. The topological polar surface area (TPSA) is 72.8 Å². The minimum absolute atomic E-state index is 0.0875. The number of hydrogen-bond acceptors (Lipinski definition) is 7. The second kappa shape index (κ2) is 10.7. The molecule has 2 aromatic carbocycles. The lowest BCUT2D eigenvalue weighted by Crippen LogP contribution is -2.07. The third-order valence-corrected chi connectivity index (χ3v) is 4.85. The van der Waals surface area contributed by atoms with E-state index in [0.717, 1.165) is 5.56 Å². The third kappa shape index (κ3) is 6.53. The van der Waals surface area contributed by atoms with Gasteiger partial charge < -0.3 is 9.47 Å². The Hall–Kier alpha value is -2.97. The van der Waals surface area contributed by atoms with Crippen molar-refractivity contribution in [3.05, 3.63) is 75.5 Å². The highest BCUT2D eigenvalue weighted by Gasteiger charge is 2.08. The summed E-state index contributed by atoms with van der Waals surface area (Å²) in [5, 5.41) is 6.84. The molecular weight excluding hydrogens is 429 g/mol. The Bertz CT molecular complexity index is 1040. The summed E-state index contributed by atoms with van der Waals surface area (Å²) in [7, 11) is 0. The van der Waals surface area contributed by atoms with E-state index in [1.54, 1.807) is 42.8 Å². The summed E-state index contributed by atoms with van der Waals surface area (Å²) in [6.07, 6.45) is 1.74. The minimum atomic E-state index is -0.407. The number of halogens is 2. The smallest absolute Gasteiger partial charge is 0.311 e. The van der Waals surface area contributed by atoms with Gasteiger partial charge >= 0.3 is 5.97 Å². The molecule has 156 valence electrons. The predicted molar refractivity (Wildman–Crippen MR) is 116 cm³/mol. The van der Waals surface area contributed by atoms with Crippen molar-refractivity contribution in [1.29, 1.82) is 0 Å². The number of benzene rings is 2. The second-order valence-electron chi connectivity index (χ2n) is 6.09.